The number of hydrogen-bond donors (Lipinski definition) is 1. The second-order valence-electron chi connectivity index (χ2n) is 6.96. The smallest absolute Gasteiger partial charge is 0.272 e. The Morgan fingerprint density at radius 3 is 2.61 bits per heavy atom. The Bertz CT molecular complexity index is 951. The Kier molecular flexibility index (Phi) is 5.10. The molecule has 0 radical (unpaired) electrons. The molecule has 0 spiro atoms. The number of carbonyl (C=O) groups is 1. The molecular weight excluding hydrogens is 357 g/mol. The zero-order valence-electron chi connectivity index (χ0n) is 15.7. The van der Waals surface area contributed by atoms with Gasteiger partial charge in [-0.3, -0.25) is 9.89 Å². The molecule has 1 amide bonds. The van der Waals surface area contributed by atoms with E-state index in [1.807, 2.05) is 29.2 Å². The monoisotopic (exact) mass is 379 g/mol. The summed E-state index contributed by atoms with van der Waals surface area (Å²) in [6.45, 7) is 0.678. The molecule has 2 heterocycles. The van der Waals surface area contributed by atoms with Crippen molar-refractivity contribution in [2.75, 3.05) is 13.7 Å². The Hall–Kier alpha value is -3.15. The topological polar surface area (TPSA) is 58.2 Å². The van der Waals surface area contributed by atoms with E-state index in [1.54, 1.807) is 25.3 Å². The summed E-state index contributed by atoms with van der Waals surface area (Å²) in [5, 5.41) is 7.18. The lowest BCUT2D eigenvalue weighted by atomic mass is 9.95. The maximum atomic E-state index is 13.3. The minimum atomic E-state index is -0.268. The van der Waals surface area contributed by atoms with Gasteiger partial charge in [0, 0.05) is 12.1 Å². The Labute approximate surface area is 163 Å². The molecule has 0 saturated carbocycles. The molecule has 1 aliphatic rings. The molecule has 0 bridgehead atoms. The largest absolute Gasteiger partial charge is 0.497 e. The molecule has 1 aliphatic heterocycles. The number of amides is 1. The van der Waals surface area contributed by atoms with Crippen molar-refractivity contribution in [2.45, 2.75) is 25.3 Å². The van der Waals surface area contributed by atoms with E-state index >= 15 is 0 Å². The molecular formula is C22H22FN3O2. The van der Waals surface area contributed by atoms with Crippen molar-refractivity contribution in [3.05, 3.63) is 71.7 Å². The van der Waals surface area contributed by atoms with Crippen LogP contribution in [0.3, 0.4) is 0 Å². The summed E-state index contributed by atoms with van der Waals surface area (Å²) in [5.74, 6) is 0.419. The van der Waals surface area contributed by atoms with Crippen molar-refractivity contribution in [1.29, 1.82) is 0 Å². The van der Waals surface area contributed by atoms with Gasteiger partial charge in [0.15, 0.2) is 0 Å². The molecule has 2 aromatic carbocycles. The van der Waals surface area contributed by atoms with E-state index in [-0.39, 0.29) is 17.8 Å². The minimum absolute atomic E-state index is 0.0467. The molecule has 1 atom stereocenters. The molecule has 0 aliphatic carbocycles. The van der Waals surface area contributed by atoms with Crippen LogP contribution in [-0.2, 0) is 0 Å². The molecule has 1 N–H and O–H groups in total. The van der Waals surface area contributed by atoms with E-state index in [9.17, 15) is 9.18 Å². The molecule has 1 unspecified atom stereocenters. The summed E-state index contributed by atoms with van der Waals surface area (Å²) in [5.41, 5.74) is 3.04. The third-order valence-electron chi connectivity index (χ3n) is 5.21. The van der Waals surface area contributed by atoms with Gasteiger partial charge in [-0.15, -0.1) is 0 Å². The lowest BCUT2D eigenvalue weighted by molar-refractivity contribution is 0.0605. The van der Waals surface area contributed by atoms with Crippen LogP contribution in [0.4, 0.5) is 4.39 Å². The fraction of sp³-hybridized carbons (Fsp3) is 0.273. The van der Waals surface area contributed by atoms with Crippen molar-refractivity contribution in [3.63, 3.8) is 0 Å². The van der Waals surface area contributed by atoms with Crippen molar-refractivity contribution >= 4 is 5.91 Å². The number of halogens is 1. The van der Waals surface area contributed by atoms with Crippen molar-refractivity contribution < 1.29 is 13.9 Å². The summed E-state index contributed by atoms with van der Waals surface area (Å²) in [6.07, 6.45) is 2.88. The number of benzene rings is 2. The van der Waals surface area contributed by atoms with Gasteiger partial charge in [-0.05, 0) is 67.3 Å². The molecule has 28 heavy (non-hydrogen) atoms. The number of aromatic nitrogens is 2. The van der Waals surface area contributed by atoms with Crippen LogP contribution in [-0.4, -0.2) is 34.7 Å². The highest BCUT2D eigenvalue weighted by molar-refractivity contribution is 5.93. The molecule has 4 rings (SSSR count). The molecule has 1 fully saturated rings. The van der Waals surface area contributed by atoms with Gasteiger partial charge in [-0.2, -0.15) is 5.10 Å². The van der Waals surface area contributed by atoms with Gasteiger partial charge in [0.2, 0.25) is 0 Å². The van der Waals surface area contributed by atoms with Gasteiger partial charge >= 0.3 is 0 Å². The predicted molar refractivity (Wildman–Crippen MR) is 105 cm³/mol. The van der Waals surface area contributed by atoms with E-state index in [0.717, 1.165) is 36.1 Å². The number of H-pyrrole nitrogens is 1. The Morgan fingerprint density at radius 2 is 1.89 bits per heavy atom. The second kappa shape index (κ2) is 7.84. The van der Waals surface area contributed by atoms with Crippen LogP contribution in [0.1, 0.15) is 41.4 Å². The van der Waals surface area contributed by atoms with Gasteiger partial charge in [-0.25, -0.2) is 4.39 Å². The van der Waals surface area contributed by atoms with Crippen molar-refractivity contribution in [1.82, 2.24) is 15.1 Å². The first-order valence-electron chi connectivity index (χ1n) is 9.42. The van der Waals surface area contributed by atoms with E-state index in [0.29, 0.717) is 17.9 Å². The molecule has 3 aromatic rings. The number of nitrogens with zero attached hydrogens (tertiary/aromatic N) is 2. The molecule has 1 aromatic heterocycles. The van der Waals surface area contributed by atoms with E-state index in [2.05, 4.69) is 10.2 Å². The van der Waals surface area contributed by atoms with Crippen LogP contribution in [0.2, 0.25) is 0 Å². The maximum absolute atomic E-state index is 13.3. The quantitative estimate of drug-likeness (QED) is 0.721. The number of aromatic amines is 1. The zero-order valence-corrected chi connectivity index (χ0v) is 15.7. The predicted octanol–water partition coefficient (Wildman–Crippen LogP) is 4.59. The first-order chi connectivity index (χ1) is 13.7. The Morgan fingerprint density at radius 1 is 1.14 bits per heavy atom. The number of carbonyl (C=O) groups excluding carboxylic acids is 1. The fourth-order valence-electron chi connectivity index (χ4n) is 3.70. The maximum Gasteiger partial charge on any atom is 0.272 e. The zero-order chi connectivity index (χ0) is 19.5. The van der Waals surface area contributed by atoms with Gasteiger partial charge in [-0.1, -0.05) is 12.1 Å². The fourth-order valence-corrected chi connectivity index (χ4v) is 3.70. The molecule has 5 nitrogen and oxygen atoms in total. The summed E-state index contributed by atoms with van der Waals surface area (Å²) in [4.78, 5) is 15.0. The first-order valence-corrected chi connectivity index (χ1v) is 9.42. The lowest BCUT2D eigenvalue weighted by Crippen LogP contribution is -2.38. The van der Waals surface area contributed by atoms with Crippen LogP contribution < -0.4 is 4.74 Å². The van der Waals surface area contributed by atoms with Crippen molar-refractivity contribution in [3.8, 4) is 17.0 Å². The average Bonchev–Trinajstić information content (AvgIpc) is 3.24. The van der Waals surface area contributed by atoms with E-state index in [1.165, 1.54) is 12.1 Å². The van der Waals surface area contributed by atoms with Crippen LogP contribution in [0, 0.1) is 5.82 Å². The number of nitrogens with one attached hydrogen (secondary N) is 1. The lowest BCUT2D eigenvalue weighted by Gasteiger charge is -2.35. The molecule has 1 saturated heterocycles. The number of hydrogen-bond acceptors (Lipinski definition) is 3. The third-order valence-corrected chi connectivity index (χ3v) is 5.21. The number of rotatable bonds is 4. The normalized spacial score (nSPS) is 16.8. The average molecular weight is 379 g/mol. The molecule has 144 valence electrons. The van der Waals surface area contributed by atoms with Crippen LogP contribution in [0.25, 0.3) is 11.3 Å². The standard InChI is InChI=1S/C22H22FN3O2/c1-28-18-11-7-15(8-12-18)19-14-20(25-24-19)22(27)26-13-3-2-4-21(26)16-5-9-17(23)10-6-16/h5-12,14,21H,2-4,13H2,1H3,(H,24,25). The SMILES string of the molecule is COc1ccc(-c2cc(C(=O)N3CCCCC3c3ccc(F)cc3)[nH]n2)cc1. The van der Waals surface area contributed by atoms with Gasteiger partial charge in [0.05, 0.1) is 18.8 Å². The highest BCUT2D eigenvalue weighted by Gasteiger charge is 2.29. The second-order valence-corrected chi connectivity index (χ2v) is 6.96. The Balaban J connectivity index is 1.57. The van der Waals surface area contributed by atoms with Crippen LogP contribution in [0.15, 0.2) is 54.6 Å². The van der Waals surface area contributed by atoms with E-state index < -0.39 is 0 Å². The van der Waals surface area contributed by atoms with Crippen LogP contribution in [0.5, 0.6) is 5.75 Å². The number of piperidine rings is 1. The minimum Gasteiger partial charge on any atom is -0.497 e. The number of likely N-dealkylation sites (tertiary alicyclic amines) is 1. The van der Waals surface area contributed by atoms with Gasteiger partial charge in [0.25, 0.3) is 5.91 Å². The van der Waals surface area contributed by atoms with Crippen molar-refractivity contribution in [2.24, 2.45) is 0 Å². The summed E-state index contributed by atoms with van der Waals surface area (Å²) >= 11 is 0. The highest BCUT2D eigenvalue weighted by atomic mass is 19.1. The summed E-state index contributed by atoms with van der Waals surface area (Å²) in [6, 6.07) is 15.7. The third kappa shape index (κ3) is 3.63. The summed E-state index contributed by atoms with van der Waals surface area (Å²) < 4.78 is 18.5. The molecule has 6 heteroatoms. The summed E-state index contributed by atoms with van der Waals surface area (Å²) in [7, 11) is 1.62. The highest BCUT2D eigenvalue weighted by Crippen LogP contribution is 2.32. The van der Waals surface area contributed by atoms with Gasteiger partial charge < -0.3 is 9.64 Å². The number of methoxy groups -OCH3 is 1. The van der Waals surface area contributed by atoms with Crippen LogP contribution >= 0.6 is 0 Å². The number of ether oxygens (including phenoxy) is 1. The van der Waals surface area contributed by atoms with Gasteiger partial charge in [0.1, 0.15) is 17.3 Å². The van der Waals surface area contributed by atoms with E-state index in [4.69, 9.17) is 4.74 Å². The first kappa shape index (κ1) is 18.2.